The predicted molar refractivity (Wildman–Crippen MR) is 108 cm³/mol. The van der Waals surface area contributed by atoms with Gasteiger partial charge in [-0.05, 0) is 44.8 Å². The second kappa shape index (κ2) is 10.8. The predicted octanol–water partition coefficient (Wildman–Crippen LogP) is -0.641. The van der Waals surface area contributed by atoms with Crippen LogP contribution in [-0.4, -0.2) is 94.8 Å². The van der Waals surface area contributed by atoms with Gasteiger partial charge in [0.15, 0.2) is 11.6 Å². The number of aliphatic hydroxyl groups is 4. The van der Waals surface area contributed by atoms with Crippen LogP contribution in [0.25, 0.3) is 6.08 Å². The van der Waals surface area contributed by atoms with Crippen LogP contribution in [0.1, 0.15) is 18.9 Å². The molecule has 166 valence electrons. The maximum Gasteiger partial charge on any atom is 0.229 e. The van der Waals surface area contributed by atoms with Crippen LogP contribution in [-0.2, 0) is 14.3 Å². The first kappa shape index (κ1) is 24.1. The zero-order valence-corrected chi connectivity index (χ0v) is 17.3. The molecule has 1 heterocycles. The van der Waals surface area contributed by atoms with Gasteiger partial charge < -0.3 is 34.8 Å². The maximum absolute atomic E-state index is 12.3. The fourth-order valence-corrected chi connectivity index (χ4v) is 2.95. The molecule has 5 atom stereocenters. The van der Waals surface area contributed by atoms with Crippen molar-refractivity contribution in [3.05, 3.63) is 35.4 Å². The Balaban J connectivity index is 2.10. The molecule has 0 saturated carbocycles. The highest BCUT2D eigenvalue weighted by molar-refractivity contribution is 6.22. The normalized spacial score (nSPS) is 27.2. The van der Waals surface area contributed by atoms with Gasteiger partial charge in [-0.1, -0.05) is 12.1 Å². The summed E-state index contributed by atoms with van der Waals surface area (Å²) in [7, 11) is 3.69. The summed E-state index contributed by atoms with van der Waals surface area (Å²) in [5, 5.41) is 38.9. The Morgan fingerprint density at radius 3 is 2.27 bits per heavy atom. The molecule has 5 unspecified atom stereocenters. The molecular weight excluding hydrogens is 394 g/mol. The van der Waals surface area contributed by atoms with Crippen molar-refractivity contribution in [2.45, 2.75) is 44.1 Å². The van der Waals surface area contributed by atoms with Gasteiger partial charge in [0.2, 0.25) is 6.29 Å². The summed E-state index contributed by atoms with van der Waals surface area (Å²) >= 11 is 0. The van der Waals surface area contributed by atoms with Crippen LogP contribution < -0.4 is 4.74 Å². The van der Waals surface area contributed by atoms with Crippen molar-refractivity contribution in [1.82, 2.24) is 4.90 Å². The highest BCUT2D eigenvalue weighted by Gasteiger charge is 2.44. The third kappa shape index (κ3) is 6.18. The Bertz CT molecular complexity index is 759. The molecule has 9 heteroatoms. The molecule has 1 aromatic rings. The average molecular weight is 423 g/mol. The van der Waals surface area contributed by atoms with Crippen molar-refractivity contribution in [2.24, 2.45) is 0 Å². The number of hydrogen-bond acceptors (Lipinski definition) is 9. The summed E-state index contributed by atoms with van der Waals surface area (Å²) in [6.07, 6.45) is -5.12. The Morgan fingerprint density at radius 1 is 1.10 bits per heavy atom. The quantitative estimate of drug-likeness (QED) is 0.232. The molecule has 1 saturated heterocycles. The zero-order chi connectivity index (χ0) is 22.4. The molecule has 2 rings (SSSR count). The minimum absolute atomic E-state index is 0.111. The molecule has 0 spiro atoms. The van der Waals surface area contributed by atoms with Crippen LogP contribution in [0.15, 0.2) is 29.8 Å². The summed E-state index contributed by atoms with van der Waals surface area (Å²) in [4.78, 5) is 26.1. The van der Waals surface area contributed by atoms with Crippen LogP contribution >= 0.6 is 0 Å². The van der Waals surface area contributed by atoms with E-state index in [2.05, 4.69) is 0 Å². The summed E-state index contributed by atoms with van der Waals surface area (Å²) < 4.78 is 10.8. The number of Topliss-reactive ketones (excluding diaryl/α,β-unsaturated/α-hetero) is 2. The van der Waals surface area contributed by atoms with Crippen molar-refractivity contribution in [3.8, 4) is 5.75 Å². The highest BCUT2D eigenvalue weighted by Crippen LogP contribution is 2.25. The molecular formula is C21H29NO8. The lowest BCUT2D eigenvalue weighted by atomic mass is 9.99. The van der Waals surface area contributed by atoms with E-state index in [1.165, 1.54) is 13.0 Å². The topological polar surface area (TPSA) is 137 Å². The zero-order valence-electron chi connectivity index (χ0n) is 17.3. The summed E-state index contributed by atoms with van der Waals surface area (Å²) in [6, 6.07) is 6.35. The van der Waals surface area contributed by atoms with Gasteiger partial charge in [-0.15, -0.1) is 0 Å². The van der Waals surface area contributed by atoms with E-state index in [1.54, 1.807) is 24.3 Å². The Kier molecular flexibility index (Phi) is 8.65. The Labute approximate surface area is 175 Å². The number of allylic oxidation sites excluding steroid dienone is 1. The average Bonchev–Trinajstić information content (AvgIpc) is 2.71. The molecule has 0 amide bonds. The number of aliphatic hydroxyl groups excluding tert-OH is 4. The molecule has 1 aromatic carbocycles. The maximum atomic E-state index is 12.3. The molecule has 1 aliphatic heterocycles. The van der Waals surface area contributed by atoms with Gasteiger partial charge in [0.1, 0.15) is 30.2 Å². The van der Waals surface area contributed by atoms with E-state index in [-0.39, 0.29) is 23.6 Å². The molecule has 1 aliphatic rings. The fourth-order valence-electron chi connectivity index (χ4n) is 2.95. The van der Waals surface area contributed by atoms with Crippen LogP contribution in [0.4, 0.5) is 0 Å². The number of rotatable bonds is 9. The standard InChI is InChI=1S/C21H29NO8/c1-12(24)15(16(25)8-9-22(2)3)10-13-4-6-14(7-5-13)29-21-20(28)19(27)18(26)17(11-23)30-21/h4-7,10,17-21,23,26-28H,8-9,11H2,1-3H3/b15-10+. The second-order valence-corrected chi connectivity index (χ2v) is 7.47. The number of ether oxygens (including phenoxy) is 2. The molecule has 0 radical (unpaired) electrons. The van der Waals surface area contributed by atoms with E-state index >= 15 is 0 Å². The molecule has 1 fully saturated rings. The lowest BCUT2D eigenvalue weighted by Gasteiger charge is -2.39. The monoisotopic (exact) mass is 423 g/mol. The minimum Gasteiger partial charge on any atom is -0.462 e. The first-order valence-corrected chi connectivity index (χ1v) is 9.61. The molecule has 0 aliphatic carbocycles. The van der Waals surface area contributed by atoms with E-state index < -0.39 is 37.3 Å². The van der Waals surface area contributed by atoms with E-state index in [0.717, 1.165) is 0 Å². The van der Waals surface area contributed by atoms with Crippen LogP contribution in [0.2, 0.25) is 0 Å². The number of carbonyl (C=O) groups is 2. The molecule has 0 aromatic heterocycles. The molecule has 0 bridgehead atoms. The van der Waals surface area contributed by atoms with E-state index in [9.17, 15) is 30.0 Å². The van der Waals surface area contributed by atoms with Gasteiger partial charge in [0.25, 0.3) is 0 Å². The highest BCUT2D eigenvalue weighted by atomic mass is 16.7. The number of nitrogens with zero attached hydrogens (tertiary/aromatic N) is 1. The minimum atomic E-state index is -1.53. The van der Waals surface area contributed by atoms with E-state index in [0.29, 0.717) is 17.9 Å². The lowest BCUT2D eigenvalue weighted by Crippen LogP contribution is -2.60. The van der Waals surface area contributed by atoms with Crippen molar-refractivity contribution < 1.29 is 39.5 Å². The van der Waals surface area contributed by atoms with Crippen LogP contribution in [0.5, 0.6) is 5.75 Å². The van der Waals surface area contributed by atoms with Crippen LogP contribution in [0, 0.1) is 0 Å². The number of hydrogen-bond donors (Lipinski definition) is 4. The number of ketones is 2. The molecule has 9 nitrogen and oxygen atoms in total. The van der Waals surface area contributed by atoms with E-state index in [4.69, 9.17) is 9.47 Å². The Morgan fingerprint density at radius 2 is 1.73 bits per heavy atom. The largest absolute Gasteiger partial charge is 0.462 e. The van der Waals surface area contributed by atoms with Gasteiger partial charge in [0, 0.05) is 13.0 Å². The Hall–Kier alpha value is -2.14. The first-order valence-electron chi connectivity index (χ1n) is 9.61. The van der Waals surface area contributed by atoms with Gasteiger partial charge >= 0.3 is 0 Å². The fraction of sp³-hybridized carbons (Fsp3) is 0.524. The third-order valence-electron chi connectivity index (χ3n) is 4.76. The van der Waals surface area contributed by atoms with Gasteiger partial charge in [-0.2, -0.15) is 0 Å². The van der Waals surface area contributed by atoms with Crippen molar-refractivity contribution >= 4 is 17.6 Å². The molecule has 4 N–H and O–H groups in total. The van der Waals surface area contributed by atoms with Crippen molar-refractivity contribution in [3.63, 3.8) is 0 Å². The van der Waals surface area contributed by atoms with Crippen LogP contribution in [0.3, 0.4) is 0 Å². The molecule has 30 heavy (non-hydrogen) atoms. The first-order chi connectivity index (χ1) is 14.1. The second-order valence-electron chi connectivity index (χ2n) is 7.47. The smallest absolute Gasteiger partial charge is 0.229 e. The summed E-state index contributed by atoms with van der Waals surface area (Å²) in [5.41, 5.74) is 0.721. The van der Waals surface area contributed by atoms with E-state index in [1.807, 2.05) is 19.0 Å². The lowest BCUT2D eigenvalue weighted by molar-refractivity contribution is -0.277. The van der Waals surface area contributed by atoms with Gasteiger partial charge in [-0.3, -0.25) is 9.59 Å². The van der Waals surface area contributed by atoms with Crippen molar-refractivity contribution in [2.75, 3.05) is 27.2 Å². The number of benzene rings is 1. The van der Waals surface area contributed by atoms with Gasteiger partial charge in [0.05, 0.1) is 12.2 Å². The number of carbonyl (C=O) groups excluding carboxylic acids is 2. The van der Waals surface area contributed by atoms with Crippen molar-refractivity contribution in [1.29, 1.82) is 0 Å². The third-order valence-corrected chi connectivity index (χ3v) is 4.76. The SMILES string of the molecule is CC(=O)/C(=C\c1ccc(OC2OC(CO)C(O)C(O)C2O)cc1)C(=O)CCN(C)C. The summed E-state index contributed by atoms with van der Waals surface area (Å²) in [6.45, 7) is 1.33. The summed E-state index contributed by atoms with van der Waals surface area (Å²) in [5.74, 6) is -0.266. The van der Waals surface area contributed by atoms with Gasteiger partial charge in [-0.25, -0.2) is 0 Å².